The topological polar surface area (TPSA) is 67.3 Å². The van der Waals surface area contributed by atoms with E-state index in [1.165, 1.54) is 0 Å². The highest BCUT2D eigenvalue weighted by atomic mass is 16.5. The van der Waals surface area contributed by atoms with Crippen LogP contribution in [0.15, 0.2) is 12.4 Å². The number of nitrogens with zero attached hydrogens (tertiary/aromatic N) is 2. The van der Waals surface area contributed by atoms with E-state index in [9.17, 15) is 5.11 Å². The maximum atomic E-state index is 9.79. The first kappa shape index (κ1) is 11.1. The number of nitrogens with one attached hydrogen (secondary N) is 1. The molecule has 0 saturated heterocycles. The second-order valence-electron chi connectivity index (χ2n) is 4.05. The average molecular weight is 223 g/mol. The van der Waals surface area contributed by atoms with Gasteiger partial charge in [-0.3, -0.25) is 0 Å². The van der Waals surface area contributed by atoms with E-state index in [0.717, 1.165) is 25.7 Å². The van der Waals surface area contributed by atoms with E-state index in [1.807, 2.05) is 0 Å². The lowest BCUT2D eigenvalue weighted by Gasteiger charge is -2.28. The molecule has 16 heavy (non-hydrogen) atoms. The van der Waals surface area contributed by atoms with E-state index in [4.69, 9.17) is 4.74 Å². The molecule has 2 unspecified atom stereocenters. The molecule has 5 heteroatoms. The zero-order valence-electron chi connectivity index (χ0n) is 9.39. The van der Waals surface area contributed by atoms with Crippen molar-refractivity contribution in [1.82, 2.24) is 9.97 Å². The van der Waals surface area contributed by atoms with Gasteiger partial charge in [0.05, 0.1) is 31.6 Å². The van der Waals surface area contributed by atoms with Crippen LogP contribution in [0.4, 0.5) is 5.95 Å². The van der Waals surface area contributed by atoms with Gasteiger partial charge in [-0.1, -0.05) is 12.8 Å². The Morgan fingerprint density at radius 1 is 1.31 bits per heavy atom. The molecule has 1 fully saturated rings. The standard InChI is InChI=1S/C11H17N3O2/c1-16-8-6-12-11(13-7-8)14-9-4-2-3-5-10(9)15/h6-7,9-10,15H,2-5H2,1H3,(H,12,13,14). The van der Waals surface area contributed by atoms with Gasteiger partial charge < -0.3 is 15.2 Å². The van der Waals surface area contributed by atoms with E-state index in [2.05, 4.69) is 15.3 Å². The molecule has 1 heterocycles. The van der Waals surface area contributed by atoms with Gasteiger partial charge in [0.15, 0.2) is 5.75 Å². The number of aromatic nitrogens is 2. The summed E-state index contributed by atoms with van der Waals surface area (Å²) in [5, 5.41) is 12.9. The number of aliphatic hydroxyl groups excluding tert-OH is 1. The smallest absolute Gasteiger partial charge is 0.223 e. The van der Waals surface area contributed by atoms with Crippen LogP contribution in [0.3, 0.4) is 0 Å². The van der Waals surface area contributed by atoms with Crippen LogP contribution in [0.2, 0.25) is 0 Å². The van der Waals surface area contributed by atoms with Crippen molar-refractivity contribution >= 4 is 5.95 Å². The quantitative estimate of drug-likeness (QED) is 0.806. The number of anilines is 1. The van der Waals surface area contributed by atoms with E-state index >= 15 is 0 Å². The van der Waals surface area contributed by atoms with Gasteiger partial charge in [0, 0.05) is 0 Å². The molecule has 0 aromatic carbocycles. The van der Waals surface area contributed by atoms with Gasteiger partial charge >= 0.3 is 0 Å². The van der Waals surface area contributed by atoms with Crippen molar-refractivity contribution in [3.05, 3.63) is 12.4 Å². The molecule has 0 amide bonds. The molecule has 1 aliphatic rings. The molecule has 0 spiro atoms. The summed E-state index contributed by atoms with van der Waals surface area (Å²) in [4.78, 5) is 8.24. The number of hydrogen-bond acceptors (Lipinski definition) is 5. The first-order chi connectivity index (χ1) is 7.79. The second-order valence-corrected chi connectivity index (χ2v) is 4.05. The molecular formula is C11H17N3O2. The van der Waals surface area contributed by atoms with Gasteiger partial charge in [0.25, 0.3) is 0 Å². The molecular weight excluding hydrogens is 206 g/mol. The molecule has 2 atom stereocenters. The Hall–Kier alpha value is -1.36. The monoisotopic (exact) mass is 223 g/mol. The molecule has 0 aliphatic heterocycles. The summed E-state index contributed by atoms with van der Waals surface area (Å²) in [5.41, 5.74) is 0. The predicted octanol–water partition coefficient (Wildman–Crippen LogP) is 1.20. The van der Waals surface area contributed by atoms with Gasteiger partial charge in [0.1, 0.15) is 0 Å². The Labute approximate surface area is 94.9 Å². The van der Waals surface area contributed by atoms with Gasteiger partial charge in [0.2, 0.25) is 5.95 Å². The molecule has 2 N–H and O–H groups in total. The first-order valence-electron chi connectivity index (χ1n) is 5.60. The van der Waals surface area contributed by atoms with Crippen molar-refractivity contribution in [1.29, 1.82) is 0 Å². The Morgan fingerprint density at radius 2 is 2.00 bits per heavy atom. The minimum atomic E-state index is -0.292. The average Bonchev–Trinajstić information content (AvgIpc) is 2.33. The van der Waals surface area contributed by atoms with E-state index in [0.29, 0.717) is 11.7 Å². The van der Waals surface area contributed by atoms with Crippen LogP contribution in [0.1, 0.15) is 25.7 Å². The zero-order chi connectivity index (χ0) is 11.4. The third kappa shape index (κ3) is 2.61. The van der Waals surface area contributed by atoms with Crippen LogP contribution in [-0.2, 0) is 0 Å². The number of aliphatic hydroxyl groups is 1. The first-order valence-corrected chi connectivity index (χ1v) is 5.60. The molecule has 0 radical (unpaired) electrons. The summed E-state index contributed by atoms with van der Waals surface area (Å²) in [6.45, 7) is 0. The minimum Gasteiger partial charge on any atom is -0.494 e. The van der Waals surface area contributed by atoms with E-state index in [1.54, 1.807) is 19.5 Å². The normalized spacial score (nSPS) is 25.1. The Balaban J connectivity index is 1.96. The molecule has 1 aromatic rings. The van der Waals surface area contributed by atoms with Gasteiger partial charge in [-0.25, -0.2) is 9.97 Å². The van der Waals surface area contributed by atoms with Gasteiger partial charge in [-0.2, -0.15) is 0 Å². The molecule has 1 aliphatic carbocycles. The third-order valence-electron chi connectivity index (χ3n) is 2.91. The summed E-state index contributed by atoms with van der Waals surface area (Å²) < 4.78 is 4.98. The SMILES string of the molecule is COc1cnc(NC2CCCCC2O)nc1. The molecule has 0 bridgehead atoms. The van der Waals surface area contributed by atoms with Crippen LogP contribution in [0.5, 0.6) is 5.75 Å². The summed E-state index contributed by atoms with van der Waals surface area (Å²) >= 11 is 0. The fourth-order valence-corrected chi connectivity index (χ4v) is 1.94. The summed E-state index contributed by atoms with van der Waals surface area (Å²) in [5.74, 6) is 1.18. The van der Waals surface area contributed by atoms with Crippen LogP contribution < -0.4 is 10.1 Å². The molecule has 5 nitrogen and oxygen atoms in total. The largest absolute Gasteiger partial charge is 0.494 e. The number of ether oxygens (including phenoxy) is 1. The Bertz CT molecular complexity index is 329. The van der Waals surface area contributed by atoms with Crippen molar-refractivity contribution in [2.24, 2.45) is 0 Å². The number of methoxy groups -OCH3 is 1. The van der Waals surface area contributed by atoms with Crippen LogP contribution in [0, 0.1) is 0 Å². The van der Waals surface area contributed by atoms with Gasteiger partial charge in [-0.05, 0) is 12.8 Å². The van der Waals surface area contributed by atoms with Crippen LogP contribution in [-0.4, -0.2) is 34.3 Å². The summed E-state index contributed by atoms with van der Waals surface area (Å²) in [6, 6.07) is 0.0714. The lowest BCUT2D eigenvalue weighted by molar-refractivity contribution is 0.116. The zero-order valence-corrected chi connectivity index (χ0v) is 9.39. The van der Waals surface area contributed by atoms with Gasteiger partial charge in [-0.15, -0.1) is 0 Å². The van der Waals surface area contributed by atoms with Crippen molar-refractivity contribution in [2.75, 3.05) is 12.4 Å². The van der Waals surface area contributed by atoms with Crippen molar-refractivity contribution in [2.45, 2.75) is 37.8 Å². The maximum absolute atomic E-state index is 9.79. The summed E-state index contributed by atoms with van der Waals surface area (Å²) in [7, 11) is 1.58. The van der Waals surface area contributed by atoms with E-state index < -0.39 is 0 Å². The summed E-state index contributed by atoms with van der Waals surface area (Å²) in [6.07, 6.45) is 7.01. The maximum Gasteiger partial charge on any atom is 0.223 e. The van der Waals surface area contributed by atoms with Crippen LogP contribution in [0.25, 0.3) is 0 Å². The van der Waals surface area contributed by atoms with Crippen molar-refractivity contribution in [3.63, 3.8) is 0 Å². The molecule has 1 aromatic heterocycles. The fraction of sp³-hybridized carbons (Fsp3) is 0.636. The Morgan fingerprint density at radius 3 is 2.62 bits per heavy atom. The molecule has 2 rings (SSSR count). The number of rotatable bonds is 3. The lowest BCUT2D eigenvalue weighted by Crippen LogP contribution is -2.36. The van der Waals surface area contributed by atoms with Crippen LogP contribution >= 0.6 is 0 Å². The highest BCUT2D eigenvalue weighted by molar-refractivity contribution is 5.29. The highest BCUT2D eigenvalue weighted by Crippen LogP contribution is 2.21. The Kier molecular flexibility index (Phi) is 3.56. The highest BCUT2D eigenvalue weighted by Gasteiger charge is 2.23. The molecule has 1 saturated carbocycles. The third-order valence-corrected chi connectivity index (χ3v) is 2.91. The van der Waals surface area contributed by atoms with Crippen molar-refractivity contribution < 1.29 is 9.84 Å². The van der Waals surface area contributed by atoms with E-state index in [-0.39, 0.29) is 12.1 Å². The van der Waals surface area contributed by atoms with Crippen molar-refractivity contribution in [3.8, 4) is 5.75 Å². The lowest BCUT2D eigenvalue weighted by atomic mass is 9.93. The minimum absolute atomic E-state index is 0.0714. The molecule has 88 valence electrons. The second kappa shape index (κ2) is 5.12. The number of hydrogen-bond donors (Lipinski definition) is 2. The predicted molar refractivity (Wildman–Crippen MR) is 60.5 cm³/mol. The fourth-order valence-electron chi connectivity index (χ4n) is 1.94.